The fourth-order valence-electron chi connectivity index (χ4n) is 4.05. The maximum atomic E-state index is 11.7. The number of rotatable bonds is 3. The van der Waals surface area contributed by atoms with Crippen molar-refractivity contribution in [3.05, 3.63) is 79.3 Å². The van der Waals surface area contributed by atoms with Gasteiger partial charge in [-0.1, -0.05) is 41.4 Å². The second-order valence-corrected chi connectivity index (χ2v) is 7.45. The van der Waals surface area contributed by atoms with Crippen LogP contribution < -0.4 is 5.32 Å². The molecule has 0 saturated carbocycles. The molecule has 0 aromatic heterocycles. The zero-order valence-corrected chi connectivity index (χ0v) is 15.4. The van der Waals surface area contributed by atoms with E-state index in [0.29, 0.717) is 21.8 Å². The number of carboxylic acid groups (broad SMARTS) is 1. The summed E-state index contributed by atoms with van der Waals surface area (Å²) in [5.41, 5.74) is 1.99. The average molecular weight is 405 g/mol. The molecule has 0 saturated heterocycles. The van der Waals surface area contributed by atoms with E-state index in [1.165, 1.54) is 18.2 Å². The fourth-order valence-corrected chi connectivity index (χ4v) is 4.46. The van der Waals surface area contributed by atoms with Crippen molar-refractivity contribution in [1.82, 2.24) is 0 Å². The standard InChI is InChI=1S/C19H14Cl2N2O4/c20-13-6-4-9(8-15(13)23(26)27)17-11-3-1-2-10(11)16-12(19(24)25)5-7-14(21)18(16)22-17/h1-2,4-8,10-11,17,22H,3H2,(H,24,25)/t10-,11-,17-/m1/s1. The Morgan fingerprint density at radius 2 is 1.96 bits per heavy atom. The van der Waals surface area contributed by atoms with E-state index in [4.69, 9.17) is 23.2 Å². The Morgan fingerprint density at radius 1 is 1.22 bits per heavy atom. The first-order valence-corrected chi connectivity index (χ1v) is 9.06. The molecule has 1 aliphatic heterocycles. The number of halogens is 2. The lowest BCUT2D eigenvalue weighted by atomic mass is 9.75. The second-order valence-electron chi connectivity index (χ2n) is 6.63. The SMILES string of the molecule is O=C(O)c1ccc(Cl)c2c1[C@@H]1C=CC[C@H]1[C@@H](c1ccc(Cl)c([N+](=O)[O-])c1)N2. The van der Waals surface area contributed by atoms with E-state index in [9.17, 15) is 20.0 Å². The number of nitrogens with zero attached hydrogens (tertiary/aromatic N) is 1. The Kier molecular flexibility index (Phi) is 4.32. The van der Waals surface area contributed by atoms with Crippen LogP contribution in [0.15, 0.2) is 42.5 Å². The number of fused-ring (bicyclic) bond motifs is 3. The molecule has 27 heavy (non-hydrogen) atoms. The molecule has 0 amide bonds. The van der Waals surface area contributed by atoms with E-state index in [2.05, 4.69) is 5.32 Å². The lowest BCUT2D eigenvalue weighted by Gasteiger charge is -2.38. The number of carboxylic acids is 1. The van der Waals surface area contributed by atoms with Gasteiger partial charge in [0.15, 0.2) is 0 Å². The average Bonchev–Trinajstić information content (AvgIpc) is 3.11. The van der Waals surface area contributed by atoms with Crippen molar-refractivity contribution < 1.29 is 14.8 Å². The van der Waals surface area contributed by atoms with Crippen LogP contribution >= 0.6 is 23.2 Å². The molecule has 3 atom stereocenters. The predicted octanol–water partition coefficient (Wildman–Crippen LogP) is 5.43. The number of nitro benzene ring substituents is 1. The molecule has 2 aromatic carbocycles. The molecule has 8 heteroatoms. The first-order valence-electron chi connectivity index (χ1n) is 8.31. The molecule has 6 nitrogen and oxygen atoms in total. The van der Waals surface area contributed by atoms with Crippen LogP contribution in [-0.2, 0) is 0 Å². The van der Waals surface area contributed by atoms with Crippen LogP contribution in [0.2, 0.25) is 10.0 Å². The summed E-state index contributed by atoms with van der Waals surface area (Å²) in [6, 6.07) is 7.55. The Labute approximate surface area is 164 Å². The van der Waals surface area contributed by atoms with Gasteiger partial charge in [0, 0.05) is 12.0 Å². The summed E-state index contributed by atoms with van der Waals surface area (Å²) in [5, 5.41) is 24.7. The molecule has 4 rings (SSSR count). The lowest BCUT2D eigenvalue weighted by molar-refractivity contribution is -0.384. The molecule has 0 unspecified atom stereocenters. The molecule has 138 valence electrons. The zero-order chi connectivity index (χ0) is 19.3. The Morgan fingerprint density at radius 3 is 2.67 bits per heavy atom. The minimum Gasteiger partial charge on any atom is -0.478 e. The highest BCUT2D eigenvalue weighted by atomic mass is 35.5. The minimum absolute atomic E-state index is 0.0230. The molecule has 0 radical (unpaired) electrons. The third-order valence-corrected chi connectivity index (χ3v) is 5.86. The van der Waals surface area contributed by atoms with Crippen molar-refractivity contribution in [2.45, 2.75) is 18.4 Å². The maximum absolute atomic E-state index is 11.7. The van der Waals surface area contributed by atoms with Crippen LogP contribution in [0.3, 0.4) is 0 Å². The number of benzene rings is 2. The summed E-state index contributed by atoms with van der Waals surface area (Å²) in [5.74, 6) is -1.12. The summed E-state index contributed by atoms with van der Waals surface area (Å²) in [7, 11) is 0. The van der Waals surface area contributed by atoms with Crippen LogP contribution in [0.4, 0.5) is 11.4 Å². The Bertz CT molecular complexity index is 1010. The van der Waals surface area contributed by atoms with Crippen LogP contribution in [0.5, 0.6) is 0 Å². The van der Waals surface area contributed by atoms with Gasteiger partial charge in [0.05, 0.1) is 27.2 Å². The number of aromatic carboxylic acids is 1. The van der Waals surface area contributed by atoms with Crippen LogP contribution in [0.25, 0.3) is 0 Å². The van der Waals surface area contributed by atoms with Gasteiger partial charge in [-0.3, -0.25) is 10.1 Å². The third kappa shape index (κ3) is 2.85. The number of nitrogens with one attached hydrogen (secondary N) is 1. The topological polar surface area (TPSA) is 92.5 Å². The van der Waals surface area contributed by atoms with Gasteiger partial charge in [-0.25, -0.2) is 4.79 Å². The summed E-state index contributed by atoms with van der Waals surface area (Å²) in [4.78, 5) is 22.4. The number of anilines is 1. The molecule has 0 spiro atoms. The molecule has 1 heterocycles. The van der Waals surface area contributed by atoms with Gasteiger partial charge in [0.1, 0.15) is 5.02 Å². The smallest absolute Gasteiger partial charge is 0.336 e. The molecule has 0 bridgehead atoms. The number of hydrogen-bond acceptors (Lipinski definition) is 4. The predicted molar refractivity (Wildman–Crippen MR) is 103 cm³/mol. The number of allylic oxidation sites excluding steroid dienone is 2. The summed E-state index contributed by atoms with van der Waals surface area (Å²) < 4.78 is 0. The number of carbonyl (C=O) groups is 1. The van der Waals surface area contributed by atoms with Gasteiger partial charge in [-0.05, 0) is 41.7 Å². The molecular formula is C19H14Cl2N2O4. The van der Waals surface area contributed by atoms with Gasteiger partial charge in [0.2, 0.25) is 0 Å². The molecule has 2 N–H and O–H groups in total. The van der Waals surface area contributed by atoms with Crippen LogP contribution in [-0.4, -0.2) is 16.0 Å². The van der Waals surface area contributed by atoms with Gasteiger partial charge >= 0.3 is 5.97 Å². The largest absolute Gasteiger partial charge is 0.478 e. The van der Waals surface area contributed by atoms with E-state index in [0.717, 1.165) is 6.42 Å². The molecule has 1 aliphatic carbocycles. The van der Waals surface area contributed by atoms with Crippen LogP contribution in [0.1, 0.15) is 39.9 Å². The molecular weight excluding hydrogens is 391 g/mol. The van der Waals surface area contributed by atoms with Crippen molar-refractivity contribution in [1.29, 1.82) is 0 Å². The fraction of sp³-hybridized carbons (Fsp3) is 0.211. The summed E-state index contributed by atoms with van der Waals surface area (Å²) in [6.45, 7) is 0. The number of hydrogen-bond donors (Lipinski definition) is 2. The van der Waals surface area contributed by atoms with E-state index >= 15 is 0 Å². The van der Waals surface area contributed by atoms with Crippen molar-refractivity contribution in [2.75, 3.05) is 5.32 Å². The first kappa shape index (κ1) is 17.8. The van der Waals surface area contributed by atoms with Crippen molar-refractivity contribution in [3.8, 4) is 0 Å². The van der Waals surface area contributed by atoms with Crippen molar-refractivity contribution in [2.24, 2.45) is 5.92 Å². The molecule has 0 fully saturated rings. The van der Waals surface area contributed by atoms with E-state index in [1.54, 1.807) is 12.1 Å². The zero-order valence-electron chi connectivity index (χ0n) is 13.9. The van der Waals surface area contributed by atoms with Crippen molar-refractivity contribution in [3.63, 3.8) is 0 Å². The van der Waals surface area contributed by atoms with Crippen molar-refractivity contribution >= 4 is 40.5 Å². The summed E-state index contributed by atoms with van der Waals surface area (Å²) in [6.07, 6.45) is 4.73. The highest BCUT2D eigenvalue weighted by molar-refractivity contribution is 6.33. The lowest BCUT2D eigenvalue weighted by Crippen LogP contribution is -2.30. The summed E-state index contributed by atoms with van der Waals surface area (Å²) >= 11 is 12.3. The Hall–Kier alpha value is -2.57. The van der Waals surface area contributed by atoms with Gasteiger partial charge in [-0.15, -0.1) is 0 Å². The highest BCUT2D eigenvalue weighted by Gasteiger charge is 2.41. The first-order chi connectivity index (χ1) is 12.9. The molecule has 2 aromatic rings. The van der Waals surface area contributed by atoms with Gasteiger partial charge < -0.3 is 10.4 Å². The second kappa shape index (κ2) is 6.55. The van der Waals surface area contributed by atoms with E-state index < -0.39 is 10.9 Å². The van der Waals surface area contributed by atoms with Crippen LogP contribution in [0, 0.1) is 16.0 Å². The normalized spacial score (nSPS) is 22.7. The minimum atomic E-state index is -1.01. The maximum Gasteiger partial charge on any atom is 0.336 e. The molecule has 2 aliphatic rings. The Balaban J connectivity index is 1.86. The van der Waals surface area contributed by atoms with E-state index in [-0.39, 0.29) is 34.2 Å². The quantitative estimate of drug-likeness (QED) is 0.404. The van der Waals surface area contributed by atoms with E-state index in [1.807, 2.05) is 12.2 Å². The third-order valence-electron chi connectivity index (χ3n) is 5.23. The van der Waals surface area contributed by atoms with Gasteiger partial charge in [-0.2, -0.15) is 0 Å². The number of nitro groups is 1. The highest BCUT2D eigenvalue weighted by Crippen LogP contribution is 2.53. The van der Waals surface area contributed by atoms with Gasteiger partial charge in [0.25, 0.3) is 5.69 Å². The monoisotopic (exact) mass is 404 g/mol.